The van der Waals surface area contributed by atoms with Gasteiger partial charge in [-0.2, -0.15) is 0 Å². The predicted molar refractivity (Wildman–Crippen MR) is 288 cm³/mol. The van der Waals surface area contributed by atoms with Crippen LogP contribution in [0.3, 0.4) is 0 Å². The second-order valence-electron chi connectivity index (χ2n) is 17.4. The fourth-order valence-corrected chi connectivity index (χ4v) is 6.88. The van der Waals surface area contributed by atoms with Crippen molar-refractivity contribution >= 4 is 17.9 Å². The topological polar surface area (TPSA) is 78.9 Å². The Labute approximate surface area is 412 Å². The zero-order valence-corrected chi connectivity index (χ0v) is 43.1. The standard InChI is InChI=1S/C61H98O6/c1-4-7-10-13-16-19-22-25-28-29-30-31-34-36-39-42-45-48-51-54-60(63)66-57-58(67-61(64)55-52-49-46-43-40-37-33-27-24-21-18-15-12-9-6-3)56-65-59(62)53-50-47-44-41-38-35-32-26-23-20-17-14-11-8-5-2/h9,12,16,18-19,21,25-28,30-33,36,39-40,43,45,48,58H,4-8,10-11,13-15,17,20,22-24,29,34-35,37-38,41-42,44,46-47,49-57H2,1-3H3/b12-9-,19-16-,21-18-,28-25-,31-30-,32-26-,33-27-,39-36-,43-40-,48-45-/t58-/m0/s1. The molecule has 0 radical (unpaired) electrons. The molecule has 0 fully saturated rings. The summed E-state index contributed by atoms with van der Waals surface area (Å²) >= 11 is 0. The first-order valence-corrected chi connectivity index (χ1v) is 27.0. The number of ether oxygens (including phenoxy) is 3. The van der Waals surface area contributed by atoms with Crippen LogP contribution in [0, 0.1) is 0 Å². The van der Waals surface area contributed by atoms with Crippen LogP contribution in [0.4, 0.5) is 0 Å². The van der Waals surface area contributed by atoms with Crippen LogP contribution in [0.25, 0.3) is 0 Å². The van der Waals surface area contributed by atoms with Crippen LogP contribution < -0.4 is 0 Å². The van der Waals surface area contributed by atoms with Gasteiger partial charge in [0.25, 0.3) is 0 Å². The Kier molecular flexibility index (Phi) is 51.0. The molecule has 0 N–H and O–H groups in total. The summed E-state index contributed by atoms with van der Waals surface area (Å²) < 4.78 is 16.7. The quantitative estimate of drug-likeness (QED) is 0.0262. The average molecular weight is 927 g/mol. The Bertz CT molecular complexity index is 1440. The summed E-state index contributed by atoms with van der Waals surface area (Å²) in [7, 11) is 0. The van der Waals surface area contributed by atoms with E-state index in [4.69, 9.17) is 14.2 Å². The van der Waals surface area contributed by atoms with Crippen molar-refractivity contribution in [2.45, 2.75) is 232 Å². The zero-order chi connectivity index (χ0) is 48.6. The molecule has 0 aliphatic rings. The third-order valence-corrected chi connectivity index (χ3v) is 10.9. The lowest BCUT2D eigenvalue weighted by molar-refractivity contribution is -0.166. The maximum absolute atomic E-state index is 12.8. The van der Waals surface area contributed by atoms with Crippen molar-refractivity contribution in [1.82, 2.24) is 0 Å². The lowest BCUT2D eigenvalue weighted by Gasteiger charge is -2.18. The van der Waals surface area contributed by atoms with E-state index in [2.05, 4.69) is 130 Å². The molecule has 6 nitrogen and oxygen atoms in total. The molecule has 67 heavy (non-hydrogen) atoms. The van der Waals surface area contributed by atoms with E-state index in [1.807, 2.05) is 12.2 Å². The van der Waals surface area contributed by atoms with Crippen LogP contribution in [-0.4, -0.2) is 37.2 Å². The summed E-state index contributed by atoms with van der Waals surface area (Å²) in [5.41, 5.74) is 0. The van der Waals surface area contributed by atoms with Gasteiger partial charge in [-0.05, 0) is 122 Å². The molecule has 0 unspecified atom stereocenters. The first-order chi connectivity index (χ1) is 33.0. The van der Waals surface area contributed by atoms with Crippen LogP contribution in [0.5, 0.6) is 0 Å². The minimum absolute atomic E-state index is 0.125. The van der Waals surface area contributed by atoms with Crippen molar-refractivity contribution in [2.24, 2.45) is 0 Å². The Morgan fingerprint density at radius 2 is 0.612 bits per heavy atom. The highest BCUT2D eigenvalue weighted by Crippen LogP contribution is 2.12. The smallest absolute Gasteiger partial charge is 0.306 e. The van der Waals surface area contributed by atoms with Crippen molar-refractivity contribution in [3.63, 3.8) is 0 Å². The van der Waals surface area contributed by atoms with Crippen molar-refractivity contribution in [1.29, 1.82) is 0 Å². The van der Waals surface area contributed by atoms with Gasteiger partial charge in [-0.25, -0.2) is 0 Å². The van der Waals surface area contributed by atoms with Gasteiger partial charge in [0.1, 0.15) is 13.2 Å². The monoisotopic (exact) mass is 927 g/mol. The molecule has 378 valence electrons. The molecule has 0 aromatic rings. The summed E-state index contributed by atoms with van der Waals surface area (Å²) in [6.07, 6.45) is 74.8. The third kappa shape index (κ3) is 52.6. The highest BCUT2D eigenvalue weighted by atomic mass is 16.6. The SMILES string of the molecule is CC/C=C\C/C=C\C/C=C\C/C=C\CCCCC(=O)O[C@H](COC(=O)CC/C=C\C/C=C\C/C=C\C/C=C\C/C=C\CCCCC)COC(=O)CCCCCCC/C=C\CCCCCCCC. The molecule has 0 aliphatic heterocycles. The number of allylic oxidation sites excluding steroid dienone is 20. The van der Waals surface area contributed by atoms with Gasteiger partial charge >= 0.3 is 17.9 Å². The van der Waals surface area contributed by atoms with Gasteiger partial charge in [0.05, 0.1) is 0 Å². The molecule has 0 rings (SSSR count). The molecule has 6 heteroatoms. The van der Waals surface area contributed by atoms with Crippen molar-refractivity contribution in [3.05, 3.63) is 122 Å². The molecule has 0 saturated carbocycles. The summed E-state index contributed by atoms with van der Waals surface area (Å²) in [6, 6.07) is 0. The fraction of sp³-hybridized carbons (Fsp3) is 0.623. The molecule has 0 spiro atoms. The van der Waals surface area contributed by atoms with Crippen LogP contribution in [-0.2, 0) is 28.6 Å². The van der Waals surface area contributed by atoms with Gasteiger partial charge < -0.3 is 14.2 Å². The molecule has 0 aliphatic carbocycles. The lowest BCUT2D eigenvalue weighted by Crippen LogP contribution is -2.30. The number of carbonyl (C=O) groups excluding carboxylic acids is 3. The van der Waals surface area contributed by atoms with E-state index >= 15 is 0 Å². The highest BCUT2D eigenvalue weighted by molar-refractivity contribution is 5.71. The van der Waals surface area contributed by atoms with Crippen molar-refractivity contribution in [3.8, 4) is 0 Å². The number of carbonyl (C=O) groups is 3. The van der Waals surface area contributed by atoms with E-state index in [-0.39, 0.29) is 44.0 Å². The van der Waals surface area contributed by atoms with Gasteiger partial charge in [0, 0.05) is 19.3 Å². The van der Waals surface area contributed by atoms with E-state index in [1.54, 1.807) is 0 Å². The predicted octanol–water partition coefficient (Wildman–Crippen LogP) is 18.1. The average Bonchev–Trinajstić information content (AvgIpc) is 3.33. The Morgan fingerprint density at radius 1 is 0.313 bits per heavy atom. The number of hydrogen-bond donors (Lipinski definition) is 0. The Hall–Kier alpha value is -4.19. The fourth-order valence-electron chi connectivity index (χ4n) is 6.88. The first kappa shape index (κ1) is 62.8. The maximum atomic E-state index is 12.8. The molecule has 0 amide bonds. The summed E-state index contributed by atoms with van der Waals surface area (Å²) in [5, 5.41) is 0. The molecule has 0 aromatic carbocycles. The number of hydrogen-bond acceptors (Lipinski definition) is 6. The Morgan fingerprint density at radius 3 is 1.07 bits per heavy atom. The second-order valence-corrected chi connectivity index (χ2v) is 17.4. The van der Waals surface area contributed by atoms with E-state index in [1.165, 1.54) is 77.0 Å². The summed E-state index contributed by atoms with van der Waals surface area (Å²) in [4.78, 5) is 38.0. The van der Waals surface area contributed by atoms with Gasteiger partial charge in [0.2, 0.25) is 0 Å². The van der Waals surface area contributed by atoms with Gasteiger partial charge in [-0.3, -0.25) is 14.4 Å². The molecular formula is C61H98O6. The first-order valence-electron chi connectivity index (χ1n) is 27.0. The number of esters is 3. The number of unbranched alkanes of at least 4 members (excludes halogenated alkanes) is 16. The van der Waals surface area contributed by atoms with Gasteiger partial charge in [0.15, 0.2) is 6.10 Å². The van der Waals surface area contributed by atoms with Crippen LogP contribution in [0.2, 0.25) is 0 Å². The van der Waals surface area contributed by atoms with Crippen LogP contribution in [0.1, 0.15) is 226 Å². The molecule has 0 bridgehead atoms. The van der Waals surface area contributed by atoms with E-state index < -0.39 is 6.10 Å². The highest BCUT2D eigenvalue weighted by Gasteiger charge is 2.19. The third-order valence-electron chi connectivity index (χ3n) is 10.9. The van der Waals surface area contributed by atoms with Crippen LogP contribution >= 0.6 is 0 Å². The summed E-state index contributed by atoms with van der Waals surface area (Å²) in [5.74, 6) is -1.07. The largest absolute Gasteiger partial charge is 0.462 e. The molecule has 0 heterocycles. The minimum atomic E-state index is -0.836. The molecular weight excluding hydrogens is 829 g/mol. The van der Waals surface area contributed by atoms with Crippen molar-refractivity contribution in [2.75, 3.05) is 13.2 Å². The van der Waals surface area contributed by atoms with E-state index in [9.17, 15) is 14.4 Å². The molecule has 1 atom stereocenters. The van der Waals surface area contributed by atoms with E-state index in [0.717, 1.165) is 96.3 Å². The number of rotatable bonds is 47. The van der Waals surface area contributed by atoms with Gasteiger partial charge in [-0.1, -0.05) is 206 Å². The lowest BCUT2D eigenvalue weighted by atomic mass is 10.1. The molecule has 0 aromatic heterocycles. The zero-order valence-electron chi connectivity index (χ0n) is 43.1. The maximum Gasteiger partial charge on any atom is 0.306 e. The second kappa shape index (κ2) is 54.4. The summed E-state index contributed by atoms with van der Waals surface area (Å²) in [6.45, 7) is 6.37. The molecule has 0 saturated heterocycles. The van der Waals surface area contributed by atoms with E-state index in [0.29, 0.717) is 19.3 Å². The Balaban J connectivity index is 4.59. The minimum Gasteiger partial charge on any atom is -0.462 e. The normalized spacial score (nSPS) is 13.1. The van der Waals surface area contributed by atoms with Gasteiger partial charge in [-0.15, -0.1) is 0 Å². The van der Waals surface area contributed by atoms with Crippen LogP contribution in [0.15, 0.2) is 122 Å². The van der Waals surface area contributed by atoms with Crippen molar-refractivity contribution < 1.29 is 28.6 Å².